The van der Waals surface area contributed by atoms with Gasteiger partial charge in [-0.2, -0.15) is 0 Å². The van der Waals surface area contributed by atoms with Crippen molar-refractivity contribution >= 4 is 0 Å². The van der Waals surface area contributed by atoms with Crippen molar-refractivity contribution in [1.82, 2.24) is 0 Å². The van der Waals surface area contributed by atoms with E-state index < -0.39 is 11.7 Å². The van der Waals surface area contributed by atoms with E-state index in [1.54, 1.807) is 0 Å². The molecule has 1 aromatic rings. The predicted octanol–water partition coefficient (Wildman–Crippen LogP) is 3.08. The van der Waals surface area contributed by atoms with Gasteiger partial charge in [0.05, 0.1) is 6.10 Å². The molecule has 3 atom stereocenters. The Morgan fingerprint density at radius 3 is 2.28 bits per heavy atom. The second-order valence-electron chi connectivity index (χ2n) is 6.64. The molecule has 1 fully saturated rings. The molecular weight excluding hydrogens is 224 g/mol. The van der Waals surface area contributed by atoms with Crippen molar-refractivity contribution in [1.29, 1.82) is 0 Å². The maximum atomic E-state index is 10.7. The van der Waals surface area contributed by atoms with Crippen LogP contribution in [0.4, 0.5) is 0 Å². The van der Waals surface area contributed by atoms with Gasteiger partial charge in [-0.15, -0.1) is 0 Å². The van der Waals surface area contributed by atoms with Crippen LogP contribution in [0.1, 0.15) is 45.6 Å². The SMILES string of the molecule is CC(C)(C)C1CCC(O)(c2ccccc2)C(O)C1. The summed E-state index contributed by atoms with van der Waals surface area (Å²) in [5.74, 6) is 0.469. The maximum absolute atomic E-state index is 10.7. The first-order valence-corrected chi connectivity index (χ1v) is 6.80. The van der Waals surface area contributed by atoms with Crippen molar-refractivity contribution in [2.45, 2.75) is 51.7 Å². The molecule has 18 heavy (non-hydrogen) atoms. The zero-order valence-electron chi connectivity index (χ0n) is 11.6. The van der Waals surface area contributed by atoms with Crippen LogP contribution in [0.15, 0.2) is 30.3 Å². The molecule has 1 aliphatic rings. The Bertz CT molecular complexity index is 393. The van der Waals surface area contributed by atoms with Gasteiger partial charge >= 0.3 is 0 Å². The molecule has 2 rings (SSSR count). The zero-order valence-corrected chi connectivity index (χ0v) is 11.6. The Labute approximate surface area is 110 Å². The molecule has 2 nitrogen and oxygen atoms in total. The van der Waals surface area contributed by atoms with Crippen LogP contribution in [0.2, 0.25) is 0 Å². The molecule has 0 aliphatic heterocycles. The Morgan fingerprint density at radius 2 is 1.78 bits per heavy atom. The van der Waals surface area contributed by atoms with Crippen molar-refractivity contribution in [2.24, 2.45) is 11.3 Å². The Kier molecular flexibility index (Phi) is 3.52. The summed E-state index contributed by atoms with van der Waals surface area (Å²) in [5.41, 5.74) is -0.0352. The summed E-state index contributed by atoms with van der Waals surface area (Å²) in [6.45, 7) is 6.62. The van der Waals surface area contributed by atoms with E-state index in [-0.39, 0.29) is 5.41 Å². The smallest absolute Gasteiger partial charge is 0.115 e. The molecule has 1 saturated carbocycles. The number of hydrogen-bond donors (Lipinski definition) is 2. The second kappa shape index (κ2) is 4.67. The molecule has 0 aromatic heterocycles. The lowest BCUT2D eigenvalue weighted by atomic mass is 9.65. The van der Waals surface area contributed by atoms with Crippen molar-refractivity contribution in [3.05, 3.63) is 35.9 Å². The van der Waals surface area contributed by atoms with E-state index >= 15 is 0 Å². The highest BCUT2D eigenvalue weighted by Gasteiger charge is 2.44. The van der Waals surface area contributed by atoms with Crippen LogP contribution in [-0.4, -0.2) is 16.3 Å². The van der Waals surface area contributed by atoms with E-state index in [0.717, 1.165) is 12.0 Å². The van der Waals surface area contributed by atoms with Crippen LogP contribution < -0.4 is 0 Å². The highest BCUT2D eigenvalue weighted by atomic mass is 16.3. The highest BCUT2D eigenvalue weighted by molar-refractivity contribution is 5.24. The molecular formula is C16H24O2. The normalized spacial score (nSPS) is 33.4. The van der Waals surface area contributed by atoms with E-state index in [1.807, 2.05) is 30.3 Å². The second-order valence-corrected chi connectivity index (χ2v) is 6.64. The van der Waals surface area contributed by atoms with Gasteiger partial charge in [0.15, 0.2) is 0 Å². The van der Waals surface area contributed by atoms with Gasteiger partial charge in [0, 0.05) is 0 Å². The van der Waals surface area contributed by atoms with Crippen molar-refractivity contribution < 1.29 is 10.2 Å². The summed E-state index contributed by atoms with van der Waals surface area (Å²) < 4.78 is 0. The topological polar surface area (TPSA) is 40.5 Å². The van der Waals surface area contributed by atoms with Gasteiger partial charge in [-0.3, -0.25) is 0 Å². The number of benzene rings is 1. The van der Waals surface area contributed by atoms with E-state index in [0.29, 0.717) is 18.8 Å². The van der Waals surface area contributed by atoms with Crippen molar-refractivity contribution in [3.63, 3.8) is 0 Å². The molecule has 100 valence electrons. The molecule has 0 bridgehead atoms. The average Bonchev–Trinajstić information content (AvgIpc) is 2.32. The van der Waals surface area contributed by atoms with Gasteiger partial charge in [-0.1, -0.05) is 51.1 Å². The van der Waals surface area contributed by atoms with E-state index in [1.165, 1.54) is 0 Å². The Hall–Kier alpha value is -0.860. The largest absolute Gasteiger partial charge is 0.390 e. The minimum Gasteiger partial charge on any atom is -0.390 e. The van der Waals surface area contributed by atoms with Gasteiger partial charge in [-0.05, 0) is 36.2 Å². The zero-order chi connectivity index (χ0) is 13.4. The minimum absolute atomic E-state index is 0.193. The van der Waals surface area contributed by atoms with Gasteiger partial charge in [0.1, 0.15) is 5.60 Å². The molecule has 2 heteroatoms. The van der Waals surface area contributed by atoms with Gasteiger partial charge in [0.25, 0.3) is 0 Å². The quantitative estimate of drug-likeness (QED) is 0.802. The van der Waals surface area contributed by atoms with Gasteiger partial charge < -0.3 is 10.2 Å². The third-order valence-corrected chi connectivity index (χ3v) is 4.43. The summed E-state index contributed by atoms with van der Waals surface area (Å²) in [7, 11) is 0. The molecule has 0 heterocycles. The summed E-state index contributed by atoms with van der Waals surface area (Å²) in [4.78, 5) is 0. The van der Waals surface area contributed by atoms with Gasteiger partial charge in [-0.25, -0.2) is 0 Å². The Balaban J connectivity index is 2.19. The lowest BCUT2D eigenvalue weighted by Gasteiger charge is -2.44. The average molecular weight is 248 g/mol. The molecule has 0 spiro atoms. The first-order chi connectivity index (χ1) is 8.34. The maximum Gasteiger partial charge on any atom is 0.115 e. The number of aliphatic hydroxyl groups excluding tert-OH is 1. The molecule has 0 radical (unpaired) electrons. The van der Waals surface area contributed by atoms with Crippen LogP contribution in [0.5, 0.6) is 0 Å². The number of hydrogen-bond acceptors (Lipinski definition) is 2. The van der Waals surface area contributed by atoms with Crippen LogP contribution in [0.25, 0.3) is 0 Å². The van der Waals surface area contributed by atoms with Crippen LogP contribution >= 0.6 is 0 Å². The third kappa shape index (κ3) is 2.45. The monoisotopic (exact) mass is 248 g/mol. The summed E-state index contributed by atoms with van der Waals surface area (Å²) in [6.07, 6.45) is 1.61. The molecule has 1 aromatic carbocycles. The predicted molar refractivity (Wildman–Crippen MR) is 73.1 cm³/mol. The lowest BCUT2D eigenvalue weighted by molar-refractivity contribution is -0.128. The molecule has 3 unspecified atom stereocenters. The summed E-state index contributed by atoms with van der Waals surface area (Å²) in [6, 6.07) is 9.56. The fourth-order valence-electron chi connectivity index (χ4n) is 2.99. The third-order valence-electron chi connectivity index (χ3n) is 4.43. The molecule has 1 aliphatic carbocycles. The Morgan fingerprint density at radius 1 is 1.17 bits per heavy atom. The van der Waals surface area contributed by atoms with Gasteiger partial charge in [0.2, 0.25) is 0 Å². The van der Waals surface area contributed by atoms with Crippen LogP contribution in [0.3, 0.4) is 0 Å². The van der Waals surface area contributed by atoms with Crippen LogP contribution in [0, 0.1) is 11.3 Å². The summed E-state index contributed by atoms with van der Waals surface area (Å²) in [5, 5.41) is 21.1. The van der Waals surface area contributed by atoms with Crippen molar-refractivity contribution in [2.75, 3.05) is 0 Å². The molecule has 2 N–H and O–H groups in total. The van der Waals surface area contributed by atoms with Crippen LogP contribution in [-0.2, 0) is 5.60 Å². The highest BCUT2D eigenvalue weighted by Crippen LogP contribution is 2.45. The fourth-order valence-corrected chi connectivity index (χ4v) is 2.99. The molecule has 0 saturated heterocycles. The van der Waals surface area contributed by atoms with E-state index in [4.69, 9.17) is 0 Å². The van der Waals surface area contributed by atoms with E-state index in [2.05, 4.69) is 20.8 Å². The lowest BCUT2D eigenvalue weighted by Crippen LogP contribution is -2.46. The summed E-state index contributed by atoms with van der Waals surface area (Å²) >= 11 is 0. The fraction of sp³-hybridized carbons (Fsp3) is 0.625. The van der Waals surface area contributed by atoms with Crippen molar-refractivity contribution in [3.8, 4) is 0 Å². The molecule has 0 amide bonds. The first kappa shape index (κ1) is 13.6. The minimum atomic E-state index is -1.07. The first-order valence-electron chi connectivity index (χ1n) is 6.80. The van der Waals surface area contributed by atoms with E-state index in [9.17, 15) is 10.2 Å². The number of aliphatic hydroxyl groups is 2. The standard InChI is InChI=1S/C16H24O2/c1-15(2,3)13-9-10-16(18,14(17)11-13)12-7-5-4-6-8-12/h4-8,13-14,17-18H,9-11H2,1-3H3. The number of rotatable bonds is 1.